The number of ether oxygens (including phenoxy) is 1. The summed E-state index contributed by atoms with van der Waals surface area (Å²) in [6.07, 6.45) is 0. The van der Waals surface area contributed by atoms with E-state index in [0.29, 0.717) is 0 Å². The lowest BCUT2D eigenvalue weighted by Crippen LogP contribution is -2.52. The monoisotopic (exact) mass is 389 g/mol. The lowest BCUT2D eigenvalue weighted by atomic mass is 10.1. The molecule has 150 valence electrons. The van der Waals surface area contributed by atoms with Crippen LogP contribution in [0.25, 0.3) is 10.8 Å². The Morgan fingerprint density at radius 1 is 0.931 bits per heavy atom. The van der Waals surface area contributed by atoms with Crippen molar-refractivity contribution in [3.05, 3.63) is 66.7 Å². The first-order chi connectivity index (χ1) is 14.1. The fraction of sp³-hybridized carbons (Fsp3) is 0.292. The molecule has 1 aliphatic rings. The number of benzene rings is 3. The molecule has 1 fully saturated rings. The van der Waals surface area contributed by atoms with E-state index in [1.807, 2.05) is 49.4 Å². The van der Waals surface area contributed by atoms with Gasteiger partial charge >= 0.3 is 0 Å². The topological polar surface area (TPSA) is 44.8 Å². The lowest BCUT2D eigenvalue weighted by Gasteiger charge is -2.38. The highest BCUT2D eigenvalue weighted by Gasteiger charge is 2.26. The summed E-state index contributed by atoms with van der Waals surface area (Å²) < 4.78 is 5.33. The van der Waals surface area contributed by atoms with Gasteiger partial charge in [0.1, 0.15) is 5.75 Å². The van der Waals surface area contributed by atoms with Gasteiger partial charge in [-0.2, -0.15) is 0 Å². The molecule has 29 heavy (non-hydrogen) atoms. The normalized spacial score (nSPS) is 15.9. The van der Waals surface area contributed by atoms with Crippen molar-refractivity contribution in [2.75, 3.05) is 43.5 Å². The summed E-state index contributed by atoms with van der Waals surface area (Å²) >= 11 is 0. The standard InChI is InChI=1S/C24H27N3O2/c1-18(24(28)25-21-11-10-19-6-3-4-7-20(19)16-21)26-12-14-27(15-13-26)22-8-5-9-23(17-22)29-2/h3-11,16-18H,12-15H2,1-2H3,(H,25,28)/t18-/m1/s1. The largest absolute Gasteiger partial charge is 0.497 e. The van der Waals surface area contributed by atoms with Crippen molar-refractivity contribution in [2.45, 2.75) is 13.0 Å². The number of anilines is 2. The fourth-order valence-electron chi connectivity index (χ4n) is 3.85. The van der Waals surface area contributed by atoms with Gasteiger partial charge in [-0.3, -0.25) is 9.69 Å². The van der Waals surface area contributed by atoms with E-state index in [4.69, 9.17) is 4.74 Å². The van der Waals surface area contributed by atoms with Crippen LogP contribution in [-0.4, -0.2) is 50.1 Å². The zero-order chi connectivity index (χ0) is 20.2. The minimum Gasteiger partial charge on any atom is -0.497 e. The second-order valence-electron chi connectivity index (χ2n) is 7.45. The molecule has 0 spiro atoms. The van der Waals surface area contributed by atoms with Crippen LogP contribution in [0.15, 0.2) is 66.7 Å². The molecule has 0 radical (unpaired) electrons. The molecule has 5 nitrogen and oxygen atoms in total. The van der Waals surface area contributed by atoms with E-state index in [1.165, 1.54) is 5.39 Å². The molecule has 1 atom stereocenters. The first-order valence-corrected chi connectivity index (χ1v) is 10.1. The fourth-order valence-corrected chi connectivity index (χ4v) is 3.85. The summed E-state index contributed by atoms with van der Waals surface area (Å²) in [4.78, 5) is 17.4. The molecule has 0 aromatic heterocycles. The zero-order valence-corrected chi connectivity index (χ0v) is 17.0. The molecule has 1 heterocycles. The maximum atomic E-state index is 12.8. The summed E-state index contributed by atoms with van der Waals surface area (Å²) in [6.45, 7) is 5.46. The van der Waals surface area contributed by atoms with Crippen molar-refractivity contribution >= 4 is 28.1 Å². The quantitative estimate of drug-likeness (QED) is 0.716. The Labute approximate surface area is 171 Å². The summed E-state index contributed by atoms with van der Waals surface area (Å²) in [6, 6.07) is 22.2. The molecule has 0 unspecified atom stereocenters. The van der Waals surface area contributed by atoms with Crippen molar-refractivity contribution < 1.29 is 9.53 Å². The molecule has 1 saturated heterocycles. The minimum atomic E-state index is -0.172. The minimum absolute atomic E-state index is 0.0371. The van der Waals surface area contributed by atoms with Gasteiger partial charge in [-0.1, -0.05) is 36.4 Å². The van der Waals surface area contributed by atoms with Crippen molar-refractivity contribution in [3.8, 4) is 5.75 Å². The van der Waals surface area contributed by atoms with E-state index in [-0.39, 0.29) is 11.9 Å². The number of nitrogens with zero attached hydrogens (tertiary/aromatic N) is 2. The van der Waals surface area contributed by atoms with Gasteiger partial charge in [-0.05, 0) is 42.0 Å². The van der Waals surface area contributed by atoms with Gasteiger partial charge in [0.25, 0.3) is 0 Å². The van der Waals surface area contributed by atoms with Gasteiger partial charge in [0.05, 0.1) is 13.2 Å². The van der Waals surface area contributed by atoms with Crippen LogP contribution in [0.3, 0.4) is 0 Å². The summed E-state index contributed by atoms with van der Waals surface area (Å²) in [5.74, 6) is 0.906. The van der Waals surface area contributed by atoms with E-state index in [1.54, 1.807) is 7.11 Å². The Hall–Kier alpha value is -3.05. The van der Waals surface area contributed by atoms with Crippen LogP contribution in [0.2, 0.25) is 0 Å². The summed E-state index contributed by atoms with van der Waals surface area (Å²) in [7, 11) is 1.69. The average Bonchev–Trinajstić information content (AvgIpc) is 2.78. The van der Waals surface area contributed by atoms with Crippen molar-refractivity contribution in [3.63, 3.8) is 0 Å². The number of piperazine rings is 1. The molecule has 4 rings (SSSR count). The van der Waals surface area contributed by atoms with Gasteiger partial charge in [-0.15, -0.1) is 0 Å². The Bertz CT molecular complexity index is 996. The van der Waals surface area contributed by atoms with Gasteiger partial charge in [-0.25, -0.2) is 0 Å². The van der Waals surface area contributed by atoms with Crippen molar-refractivity contribution in [1.29, 1.82) is 0 Å². The molecule has 0 saturated carbocycles. The van der Waals surface area contributed by atoms with Crippen LogP contribution in [-0.2, 0) is 4.79 Å². The zero-order valence-electron chi connectivity index (χ0n) is 17.0. The van der Waals surface area contributed by atoms with Crippen molar-refractivity contribution in [1.82, 2.24) is 4.90 Å². The highest BCUT2D eigenvalue weighted by molar-refractivity contribution is 5.97. The van der Waals surface area contributed by atoms with E-state index >= 15 is 0 Å². The van der Waals surface area contributed by atoms with Gasteiger partial charge in [0.15, 0.2) is 0 Å². The average molecular weight is 389 g/mol. The Kier molecular flexibility index (Phi) is 5.67. The van der Waals surface area contributed by atoms with Crippen LogP contribution >= 0.6 is 0 Å². The molecule has 1 amide bonds. The second-order valence-corrected chi connectivity index (χ2v) is 7.45. The lowest BCUT2D eigenvalue weighted by molar-refractivity contribution is -0.120. The number of fused-ring (bicyclic) bond motifs is 1. The Morgan fingerprint density at radius 3 is 2.45 bits per heavy atom. The molecule has 1 aliphatic heterocycles. The number of carbonyl (C=O) groups is 1. The molecule has 5 heteroatoms. The van der Waals surface area contributed by atoms with E-state index in [9.17, 15) is 4.79 Å². The van der Waals surface area contributed by atoms with Crippen LogP contribution in [0.1, 0.15) is 6.92 Å². The molecule has 1 N–H and O–H groups in total. The highest BCUT2D eigenvalue weighted by Crippen LogP contribution is 2.23. The first kappa shape index (κ1) is 19.3. The van der Waals surface area contributed by atoms with Crippen LogP contribution in [0.5, 0.6) is 5.75 Å². The van der Waals surface area contributed by atoms with Gasteiger partial charge in [0, 0.05) is 43.6 Å². The molecule has 3 aromatic carbocycles. The Morgan fingerprint density at radius 2 is 1.69 bits per heavy atom. The summed E-state index contributed by atoms with van der Waals surface area (Å²) in [5, 5.41) is 5.38. The number of nitrogens with one attached hydrogen (secondary N) is 1. The highest BCUT2D eigenvalue weighted by atomic mass is 16.5. The Balaban J connectivity index is 1.35. The number of hydrogen-bond donors (Lipinski definition) is 1. The number of amides is 1. The SMILES string of the molecule is COc1cccc(N2CCN([C@H](C)C(=O)Nc3ccc4ccccc4c3)CC2)c1. The predicted octanol–water partition coefficient (Wildman–Crippen LogP) is 4.00. The first-order valence-electron chi connectivity index (χ1n) is 10.1. The molecule has 3 aromatic rings. The molecule has 0 aliphatic carbocycles. The third-order valence-electron chi connectivity index (χ3n) is 5.68. The molecule has 0 bridgehead atoms. The molecular formula is C24H27N3O2. The third kappa shape index (κ3) is 4.35. The third-order valence-corrected chi connectivity index (χ3v) is 5.68. The van der Waals surface area contributed by atoms with Crippen LogP contribution in [0.4, 0.5) is 11.4 Å². The van der Waals surface area contributed by atoms with E-state index in [0.717, 1.165) is 48.7 Å². The predicted molar refractivity (Wildman–Crippen MR) is 119 cm³/mol. The number of rotatable bonds is 5. The van der Waals surface area contributed by atoms with Crippen LogP contribution in [0, 0.1) is 0 Å². The van der Waals surface area contributed by atoms with Crippen molar-refractivity contribution in [2.24, 2.45) is 0 Å². The second kappa shape index (κ2) is 8.53. The summed E-state index contributed by atoms with van der Waals surface area (Å²) in [5.41, 5.74) is 2.01. The smallest absolute Gasteiger partial charge is 0.241 e. The van der Waals surface area contributed by atoms with E-state index < -0.39 is 0 Å². The van der Waals surface area contributed by atoms with Crippen LogP contribution < -0.4 is 15.0 Å². The maximum absolute atomic E-state index is 12.8. The van der Waals surface area contributed by atoms with Gasteiger partial charge < -0.3 is 15.0 Å². The van der Waals surface area contributed by atoms with Gasteiger partial charge in [0.2, 0.25) is 5.91 Å². The van der Waals surface area contributed by atoms with E-state index in [2.05, 4.69) is 39.4 Å². The number of hydrogen-bond acceptors (Lipinski definition) is 4. The molecular weight excluding hydrogens is 362 g/mol. The maximum Gasteiger partial charge on any atom is 0.241 e. The number of methoxy groups -OCH3 is 1. The number of carbonyl (C=O) groups excluding carboxylic acids is 1.